The number of halogens is 3. The minimum Gasteiger partial charge on any atom is -0.453 e. The number of nitrogens with zero attached hydrogens (tertiary/aromatic N) is 2. The van der Waals surface area contributed by atoms with Crippen LogP contribution in [0.4, 0.5) is 25.0 Å². The molecule has 0 saturated heterocycles. The number of nitrogens with one attached hydrogen (secondary N) is 2. The second kappa shape index (κ2) is 11.9. The minimum atomic E-state index is -0.939. The molecule has 2 aromatic carbocycles. The average molecular weight is 579 g/mol. The SMILES string of the molecule is COC(=O)Nc1ccc2c(c1)NC(=O)CCCCC(n1ccc(-c3c(F)ccc(Cl)c3F)cc1=O)c1cc-2ccn1. The van der Waals surface area contributed by atoms with E-state index in [0.29, 0.717) is 41.9 Å². The highest BCUT2D eigenvalue weighted by Crippen LogP contribution is 2.35. The van der Waals surface area contributed by atoms with Crippen molar-refractivity contribution in [2.75, 3.05) is 17.7 Å². The molecule has 0 radical (unpaired) electrons. The van der Waals surface area contributed by atoms with Gasteiger partial charge in [0.2, 0.25) is 5.91 Å². The number of ether oxygens (including phenoxy) is 1. The zero-order valence-corrected chi connectivity index (χ0v) is 22.7. The molecule has 210 valence electrons. The lowest BCUT2D eigenvalue weighted by molar-refractivity contribution is -0.116. The standard InChI is InChI=1S/C30H25ClF2N4O4/c1-41-30(40)35-19-6-7-20-17-10-12-34-24(14-17)25(4-2-3-5-26(38)36-23(20)16-19)37-13-11-18(15-27(37)39)28-22(32)9-8-21(31)29(28)33/h6-16,25H,2-5H2,1H3,(H,35,40)(H,36,38). The van der Waals surface area contributed by atoms with E-state index in [-0.39, 0.29) is 28.5 Å². The lowest BCUT2D eigenvalue weighted by Crippen LogP contribution is -2.25. The van der Waals surface area contributed by atoms with Gasteiger partial charge in [-0.15, -0.1) is 0 Å². The van der Waals surface area contributed by atoms with Crippen molar-refractivity contribution < 1.29 is 23.1 Å². The number of methoxy groups -OCH3 is 1. The molecule has 1 aliphatic rings. The minimum absolute atomic E-state index is 0.0700. The molecule has 3 heterocycles. The number of anilines is 2. The van der Waals surface area contributed by atoms with E-state index in [2.05, 4.69) is 20.4 Å². The highest BCUT2D eigenvalue weighted by molar-refractivity contribution is 6.31. The average Bonchev–Trinajstić information content (AvgIpc) is 2.95. The Morgan fingerprint density at radius 1 is 1.07 bits per heavy atom. The molecule has 0 fully saturated rings. The lowest BCUT2D eigenvalue weighted by Gasteiger charge is -2.22. The first-order valence-corrected chi connectivity index (χ1v) is 13.2. The number of hydrogen-bond donors (Lipinski definition) is 2. The predicted molar refractivity (Wildman–Crippen MR) is 152 cm³/mol. The second-order valence-electron chi connectivity index (χ2n) is 9.54. The molecule has 8 nitrogen and oxygen atoms in total. The van der Waals surface area contributed by atoms with Crippen LogP contribution in [0.2, 0.25) is 5.02 Å². The van der Waals surface area contributed by atoms with E-state index in [1.807, 2.05) is 6.07 Å². The maximum absolute atomic E-state index is 14.6. The van der Waals surface area contributed by atoms with Gasteiger partial charge in [-0.1, -0.05) is 24.1 Å². The first kappa shape index (κ1) is 28.0. The Hall–Kier alpha value is -4.57. The number of rotatable bonds is 3. The summed E-state index contributed by atoms with van der Waals surface area (Å²) in [6.45, 7) is 0. The van der Waals surface area contributed by atoms with Gasteiger partial charge in [0.1, 0.15) is 5.82 Å². The smallest absolute Gasteiger partial charge is 0.411 e. The summed E-state index contributed by atoms with van der Waals surface area (Å²) < 4.78 is 35.3. The van der Waals surface area contributed by atoms with Gasteiger partial charge in [0.05, 0.1) is 35.1 Å². The molecule has 0 spiro atoms. The summed E-state index contributed by atoms with van der Waals surface area (Å²) >= 11 is 5.85. The van der Waals surface area contributed by atoms with E-state index < -0.39 is 29.3 Å². The van der Waals surface area contributed by atoms with Gasteiger partial charge < -0.3 is 14.6 Å². The maximum atomic E-state index is 14.6. The Kier molecular flexibility index (Phi) is 8.11. The van der Waals surface area contributed by atoms with E-state index in [1.165, 1.54) is 30.0 Å². The number of fused-ring (bicyclic) bond motifs is 4. The Labute approximate surface area is 238 Å². The summed E-state index contributed by atoms with van der Waals surface area (Å²) in [5, 5.41) is 5.28. The normalized spacial score (nSPS) is 15.1. The van der Waals surface area contributed by atoms with Crippen molar-refractivity contribution in [1.29, 1.82) is 0 Å². The van der Waals surface area contributed by atoms with Crippen LogP contribution in [-0.2, 0) is 9.53 Å². The van der Waals surface area contributed by atoms with Crippen LogP contribution in [0.15, 0.2) is 71.8 Å². The number of amides is 2. The summed E-state index contributed by atoms with van der Waals surface area (Å²) in [5.74, 6) is -1.96. The first-order chi connectivity index (χ1) is 19.7. The van der Waals surface area contributed by atoms with Crippen LogP contribution in [0, 0.1) is 11.6 Å². The molecule has 11 heteroatoms. The third-order valence-electron chi connectivity index (χ3n) is 6.91. The van der Waals surface area contributed by atoms with Gasteiger partial charge in [-0.3, -0.25) is 19.9 Å². The molecule has 4 aromatic rings. The third kappa shape index (κ3) is 5.97. The zero-order chi connectivity index (χ0) is 29.1. The monoisotopic (exact) mass is 578 g/mol. The van der Waals surface area contributed by atoms with Gasteiger partial charge >= 0.3 is 6.09 Å². The van der Waals surface area contributed by atoms with Crippen molar-refractivity contribution in [3.05, 3.63) is 99.7 Å². The van der Waals surface area contributed by atoms with Crippen LogP contribution >= 0.6 is 11.6 Å². The van der Waals surface area contributed by atoms with E-state index in [1.54, 1.807) is 30.5 Å². The number of pyridine rings is 2. The number of carbonyl (C=O) groups is 2. The Balaban J connectivity index is 1.57. The molecule has 2 bridgehead atoms. The molecule has 5 rings (SSSR count). The van der Waals surface area contributed by atoms with Crippen LogP contribution in [0.5, 0.6) is 0 Å². The maximum Gasteiger partial charge on any atom is 0.411 e. The Morgan fingerprint density at radius 2 is 1.90 bits per heavy atom. The molecule has 1 aliphatic heterocycles. The summed E-state index contributed by atoms with van der Waals surface area (Å²) in [7, 11) is 1.26. The lowest BCUT2D eigenvalue weighted by atomic mass is 9.97. The third-order valence-corrected chi connectivity index (χ3v) is 7.20. The van der Waals surface area contributed by atoms with Gasteiger partial charge in [-0.05, 0) is 66.4 Å². The summed E-state index contributed by atoms with van der Waals surface area (Å²) in [4.78, 5) is 42.4. The van der Waals surface area contributed by atoms with Crippen molar-refractivity contribution in [3.63, 3.8) is 0 Å². The van der Waals surface area contributed by atoms with Crippen molar-refractivity contribution in [2.24, 2.45) is 0 Å². The second-order valence-corrected chi connectivity index (χ2v) is 9.94. The van der Waals surface area contributed by atoms with Crippen LogP contribution in [-0.4, -0.2) is 28.7 Å². The van der Waals surface area contributed by atoms with Gasteiger partial charge in [0.25, 0.3) is 5.56 Å². The molecule has 1 unspecified atom stereocenters. The number of aromatic nitrogens is 2. The summed E-state index contributed by atoms with van der Waals surface area (Å²) in [5.41, 5.74) is 2.18. The summed E-state index contributed by atoms with van der Waals surface area (Å²) in [6.07, 6.45) is 4.35. The van der Waals surface area contributed by atoms with Gasteiger partial charge in [-0.2, -0.15) is 0 Å². The molecule has 1 atom stereocenters. The predicted octanol–water partition coefficient (Wildman–Crippen LogP) is 6.79. The van der Waals surface area contributed by atoms with Crippen molar-refractivity contribution in [2.45, 2.75) is 31.7 Å². The molecular formula is C30H25ClF2N4O4. The molecule has 41 heavy (non-hydrogen) atoms. The number of carbonyl (C=O) groups excluding carboxylic acids is 2. The van der Waals surface area contributed by atoms with Crippen LogP contribution in [0.1, 0.15) is 37.4 Å². The fourth-order valence-electron chi connectivity index (χ4n) is 4.90. The number of hydrogen-bond acceptors (Lipinski definition) is 5. The van der Waals surface area contributed by atoms with Crippen molar-refractivity contribution in [3.8, 4) is 22.3 Å². The van der Waals surface area contributed by atoms with Crippen LogP contribution < -0.4 is 16.2 Å². The van der Waals surface area contributed by atoms with Crippen molar-refractivity contribution in [1.82, 2.24) is 9.55 Å². The van der Waals surface area contributed by atoms with Gasteiger partial charge in [-0.25, -0.2) is 13.6 Å². The molecule has 2 N–H and O–H groups in total. The highest BCUT2D eigenvalue weighted by atomic mass is 35.5. The molecule has 2 amide bonds. The Bertz CT molecular complexity index is 1710. The topological polar surface area (TPSA) is 102 Å². The number of benzene rings is 2. The summed E-state index contributed by atoms with van der Waals surface area (Å²) in [6, 6.07) is 13.0. The largest absolute Gasteiger partial charge is 0.453 e. The first-order valence-electron chi connectivity index (χ1n) is 12.9. The van der Waals surface area contributed by atoms with Crippen LogP contribution in [0.3, 0.4) is 0 Å². The quantitative estimate of drug-likeness (QED) is 0.261. The van der Waals surface area contributed by atoms with Gasteiger partial charge in [0, 0.05) is 36.1 Å². The fraction of sp³-hybridized carbons (Fsp3) is 0.200. The molecule has 0 aliphatic carbocycles. The van der Waals surface area contributed by atoms with E-state index >= 15 is 0 Å². The van der Waals surface area contributed by atoms with Crippen molar-refractivity contribution >= 4 is 35.0 Å². The zero-order valence-electron chi connectivity index (χ0n) is 21.9. The van der Waals surface area contributed by atoms with Crippen LogP contribution in [0.25, 0.3) is 22.3 Å². The van der Waals surface area contributed by atoms with E-state index in [0.717, 1.165) is 17.7 Å². The van der Waals surface area contributed by atoms with E-state index in [4.69, 9.17) is 11.6 Å². The van der Waals surface area contributed by atoms with E-state index in [9.17, 15) is 23.2 Å². The molecule has 0 saturated carbocycles. The Morgan fingerprint density at radius 3 is 2.68 bits per heavy atom. The molecule has 2 aromatic heterocycles. The molecular weight excluding hydrogens is 554 g/mol. The fourth-order valence-corrected chi connectivity index (χ4v) is 5.06. The van der Waals surface area contributed by atoms with Gasteiger partial charge in [0.15, 0.2) is 5.82 Å². The highest BCUT2D eigenvalue weighted by Gasteiger charge is 2.22.